The molecule has 5 nitrogen and oxygen atoms in total. The third kappa shape index (κ3) is 2.62. The van der Waals surface area contributed by atoms with E-state index in [1.807, 2.05) is 13.2 Å². The smallest absolute Gasteiger partial charge is 0.142 e. The van der Waals surface area contributed by atoms with E-state index in [9.17, 15) is 5.11 Å². The Bertz CT molecular complexity index is 496. The first-order chi connectivity index (χ1) is 8.20. The highest BCUT2D eigenvalue weighted by Gasteiger charge is 2.14. The highest BCUT2D eigenvalue weighted by Crippen LogP contribution is 2.26. The first kappa shape index (κ1) is 11.6. The minimum absolute atomic E-state index is 0.508. The molecule has 2 heterocycles. The Balaban J connectivity index is 2.16. The Morgan fingerprint density at radius 2 is 2.29 bits per heavy atom. The lowest BCUT2D eigenvalue weighted by molar-refractivity contribution is 0.174. The molecule has 0 bridgehead atoms. The largest absolute Gasteiger partial charge is 0.495 e. The van der Waals surface area contributed by atoms with Gasteiger partial charge in [0.05, 0.1) is 25.6 Å². The van der Waals surface area contributed by atoms with Crippen LogP contribution in [-0.4, -0.2) is 27.0 Å². The van der Waals surface area contributed by atoms with Crippen molar-refractivity contribution in [2.75, 3.05) is 7.11 Å². The summed E-state index contributed by atoms with van der Waals surface area (Å²) in [4.78, 5) is 3.96. The van der Waals surface area contributed by atoms with Crippen molar-refractivity contribution in [1.82, 2.24) is 14.8 Å². The molecule has 2 aromatic rings. The average molecular weight is 233 g/mol. The maximum Gasteiger partial charge on any atom is 0.142 e. The molecule has 1 unspecified atom stereocenters. The molecule has 0 aliphatic heterocycles. The quantitative estimate of drug-likeness (QED) is 0.859. The van der Waals surface area contributed by atoms with E-state index in [0.717, 1.165) is 11.1 Å². The van der Waals surface area contributed by atoms with Crippen molar-refractivity contribution in [3.05, 3.63) is 42.0 Å². The van der Waals surface area contributed by atoms with Crippen molar-refractivity contribution in [2.45, 2.75) is 12.5 Å². The maximum absolute atomic E-state index is 10.2. The van der Waals surface area contributed by atoms with Crippen LogP contribution in [-0.2, 0) is 13.5 Å². The maximum atomic E-state index is 10.2. The van der Waals surface area contributed by atoms with Crippen LogP contribution in [0.3, 0.4) is 0 Å². The van der Waals surface area contributed by atoms with E-state index in [1.165, 1.54) is 0 Å². The Morgan fingerprint density at radius 1 is 1.47 bits per heavy atom. The molecule has 90 valence electrons. The standard InChI is InChI=1S/C12H15N3O2/c1-15-8-9(6-14-15)5-11(16)10-3-4-13-7-12(10)17-2/h3-4,6-8,11,16H,5H2,1-2H3. The van der Waals surface area contributed by atoms with Crippen LogP contribution < -0.4 is 4.74 Å². The van der Waals surface area contributed by atoms with E-state index >= 15 is 0 Å². The van der Waals surface area contributed by atoms with Gasteiger partial charge in [-0.1, -0.05) is 0 Å². The van der Waals surface area contributed by atoms with E-state index in [1.54, 1.807) is 36.4 Å². The molecule has 0 amide bonds. The molecule has 0 aliphatic carbocycles. The van der Waals surface area contributed by atoms with Crippen molar-refractivity contribution in [3.63, 3.8) is 0 Å². The van der Waals surface area contributed by atoms with Gasteiger partial charge >= 0.3 is 0 Å². The first-order valence-electron chi connectivity index (χ1n) is 5.34. The van der Waals surface area contributed by atoms with Crippen LogP contribution >= 0.6 is 0 Å². The summed E-state index contributed by atoms with van der Waals surface area (Å²) in [6, 6.07) is 1.76. The Labute approximate surface area is 99.7 Å². The molecular formula is C12H15N3O2. The second kappa shape index (κ2) is 4.97. The highest BCUT2D eigenvalue weighted by molar-refractivity contribution is 5.32. The molecule has 0 radical (unpaired) electrons. The van der Waals surface area contributed by atoms with Gasteiger partial charge in [-0.2, -0.15) is 5.10 Å². The fourth-order valence-corrected chi connectivity index (χ4v) is 1.75. The summed E-state index contributed by atoms with van der Waals surface area (Å²) in [6.45, 7) is 0. The third-order valence-corrected chi connectivity index (χ3v) is 2.58. The van der Waals surface area contributed by atoms with Crippen molar-refractivity contribution in [1.29, 1.82) is 0 Å². The zero-order valence-corrected chi connectivity index (χ0v) is 9.87. The van der Waals surface area contributed by atoms with Crippen LogP contribution in [0, 0.1) is 0 Å². The Morgan fingerprint density at radius 3 is 2.94 bits per heavy atom. The van der Waals surface area contributed by atoms with Gasteiger partial charge in [0.25, 0.3) is 0 Å². The number of aryl methyl sites for hydroxylation is 1. The van der Waals surface area contributed by atoms with E-state index in [-0.39, 0.29) is 0 Å². The third-order valence-electron chi connectivity index (χ3n) is 2.58. The molecule has 2 aromatic heterocycles. The molecule has 0 saturated heterocycles. The van der Waals surface area contributed by atoms with Gasteiger partial charge in [0, 0.05) is 31.4 Å². The van der Waals surface area contributed by atoms with E-state index in [2.05, 4.69) is 10.1 Å². The minimum atomic E-state index is -0.614. The number of aliphatic hydroxyl groups excluding tert-OH is 1. The van der Waals surface area contributed by atoms with Gasteiger partial charge < -0.3 is 9.84 Å². The second-order valence-electron chi connectivity index (χ2n) is 3.86. The fourth-order valence-electron chi connectivity index (χ4n) is 1.75. The summed E-state index contributed by atoms with van der Waals surface area (Å²) in [5.74, 6) is 0.601. The first-order valence-corrected chi connectivity index (χ1v) is 5.34. The normalized spacial score (nSPS) is 12.4. The molecule has 1 atom stereocenters. The predicted octanol–water partition coefficient (Wildman–Crippen LogP) is 1.10. The molecule has 0 aliphatic rings. The summed E-state index contributed by atoms with van der Waals surface area (Å²) < 4.78 is 6.88. The van der Waals surface area contributed by atoms with Gasteiger partial charge in [0.2, 0.25) is 0 Å². The molecule has 17 heavy (non-hydrogen) atoms. The number of nitrogens with zero attached hydrogens (tertiary/aromatic N) is 3. The monoisotopic (exact) mass is 233 g/mol. The molecule has 0 spiro atoms. The number of rotatable bonds is 4. The Hall–Kier alpha value is -1.88. The van der Waals surface area contributed by atoms with Crippen molar-refractivity contribution in [2.24, 2.45) is 7.05 Å². The van der Waals surface area contributed by atoms with Crippen molar-refractivity contribution >= 4 is 0 Å². The number of methoxy groups -OCH3 is 1. The van der Waals surface area contributed by atoms with Crippen LogP contribution in [0.25, 0.3) is 0 Å². The number of pyridine rings is 1. The summed E-state index contributed by atoms with van der Waals surface area (Å²) in [5.41, 5.74) is 1.73. The summed E-state index contributed by atoms with van der Waals surface area (Å²) >= 11 is 0. The van der Waals surface area contributed by atoms with Gasteiger partial charge in [0.15, 0.2) is 0 Å². The summed E-state index contributed by atoms with van der Waals surface area (Å²) in [6.07, 6.45) is 6.77. The van der Waals surface area contributed by atoms with Crippen LogP contribution in [0.1, 0.15) is 17.2 Å². The van der Waals surface area contributed by atoms with Gasteiger partial charge in [-0.25, -0.2) is 0 Å². The van der Waals surface area contributed by atoms with Crippen LogP contribution in [0.15, 0.2) is 30.9 Å². The minimum Gasteiger partial charge on any atom is -0.495 e. The number of hydrogen-bond acceptors (Lipinski definition) is 4. The fraction of sp³-hybridized carbons (Fsp3) is 0.333. The lowest BCUT2D eigenvalue weighted by Crippen LogP contribution is -2.04. The van der Waals surface area contributed by atoms with Crippen molar-refractivity contribution < 1.29 is 9.84 Å². The SMILES string of the molecule is COc1cnccc1C(O)Cc1cnn(C)c1. The van der Waals surface area contributed by atoms with Crippen LogP contribution in [0.2, 0.25) is 0 Å². The molecular weight excluding hydrogens is 218 g/mol. The van der Waals surface area contributed by atoms with Crippen LogP contribution in [0.5, 0.6) is 5.75 Å². The second-order valence-corrected chi connectivity index (χ2v) is 3.86. The molecule has 0 aromatic carbocycles. The topological polar surface area (TPSA) is 60.2 Å². The number of aliphatic hydroxyl groups is 1. The van der Waals surface area contributed by atoms with Gasteiger partial charge in [-0.05, 0) is 11.6 Å². The molecule has 1 N–H and O–H groups in total. The molecule has 5 heteroatoms. The number of ether oxygens (including phenoxy) is 1. The predicted molar refractivity (Wildman–Crippen MR) is 62.7 cm³/mol. The highest BCUT2D eigenvalue weighted by atomic mass is 16.5. The van der Waals surface area contributed by atoms with E-state index < -0.39 is 6.10 Å². The zero-order valence-electron chi connectivity index (χ0n) is 9.87. The lowest BCUT2D eigenvalue weighted by Gasteiger charge is -2.13. The van der Waals surface area contributed by atoms with Gasteiger partial charge in [0.1, 0.15) is 5.75 Å². The van der Waals surface area contributed by atoms with Gasteiger partial charge in [-0.3, -0.25) is 9.67 Å². The molecule has 0 fully saturated rings. The Kier molecular flexibility index (Phi) is 3.39. The number of hydrogen-bond donors (Lipinski definition) is 1. The van der Waals surface area contributed by atoms with Crippen molar-refractivity contribution in [3.8, 4) is 5.75 Å². The zero-order chi connectivity index (χ0) is 12.3. The lowest BCUT2D eigenvalue weighted by atomic mass is 10.0. The van der Waals surface area contributed by atoms with E-state index in [4.69, 9.17) is 4.74 Å². The van der Waals surface area contributed by atoms with Crippen LogP contribution in [0.4, 0.5) is 0 Å². The molecule has 2 rings (SSSR count). The average Bonchev–Trinajstić information content (AvgIpc) is 2.74. The summed E-state index contributed by atoms with van der Waals surface area (Å²) in [7, 11) is 3.42. The van der Waals surface area contributed by atoms with E-state index in [0.29, 0.717) is 12.2 Å². The summed E-state index contributed by atoms with van der Waals surface area (Å²) in [5, 5.41) is 14.2. The molecule has 0 saturated carbocycles. The number of aromatic nitrogens is 3. The van der Waals surface area contributed by atoms with Gasteiger partial charge in [-0.15, -0.1) is 0 Å².